The third kappa shape index (κ3) is 3.25. The molecule has 0 saturated carbocycles. The summed E-state index contributed by atoms with van der Waals surface area (Å²) in [6.07, 6.45) is 0. The van der Waals surface area contributed by atoms with Crippen molar-refractivity contribution in [3.8, 4) is 0 Å². The molecule has 0 bridgehead atoms. The van der Waals surface area contributed by atoms with E-state index in [1.807, 2.05) is 21.0 Å². The van der Waals surface area contributed by atoms with Crippen LogP contribution in [0.3, 0.4) is 0 Å². The van der Waals surface area contributed by atoms with Crippen molar-refractivity contribution in [2.45, 2.75) is 33.7 Å². The molecule has 3 heteroatoms. The molecule has 0 heterocycles. The first-order valence-corrected chi connectivity index (χ1v) is 4.89. The fourth-order valence-corrected chi connectivity index (χ4v) is 1.03. The van der Waals surface area contributed by atoms with E-state index in [1.54, 1.807) is 9.80 Å². The molecule has 3 nitrogen and oxygen atoms in total. The molecular weight excluding hydrogens is 164 g/mol. The molecule has 78 valence electrons. The van der Waals surface area contributed by atoms with Crippen LogP contribution in [0.2, 0.25) is 0 Å². The maximum Gasteiger partial charge on any atom is 0.319 e. The number of rotatable bonds is 3. The van der Waals surface area contributed by atoms with Gasteiger partial charge >= 0.3 is 6.03 Å². The lowest BCUT2D eigenvalue weighted by atomic mass is 10.1. The van der Waals surface area contributed by atoms with Crippen molar-refractivity contribution >= 4 is 6.03 Å². The Morgan fingerprint density at radius 1 is 1.23 bits per heavy atom. The van der Waals surface area contributed by atoms with E-state index in [9.17, 15) is 4.79 Å². The lowest BCUT2D eigenvalue weighted by molar-refractivity contribution is 0.149. The van der Waals surface area contributed by atoms with Gasteiger partial charge in [-0.3, -0.25) is 0 Å². The summed E-state index contributed by atoms with van der Waals surface area (Å²) >= 11 is 0. The zero-order valence-corrected chi connectivity index (χ0v) is 9.66. The lowest BCUT2D eigenvalue weighted by Crippen LogP contribution is -2.45. The van der Waals surface area contributed by atoms with Gasteiger partial charge in [-0.1, -0.05) is 13.8 Å². The molecule has 0 N–H and O–H groups in total. The average molecular weight is 186 g/mol. The highest BCUT2D eigenvalue weighted by Gasteiger charge is 2.20. The molecule has 0 aliphatic carbocycles. The van der Waals surface area contributed by atoms with Gasteiger partial charge < -0.3 is 9.80 Å². The van der Waals surface area contributed by atoms with Crippen molar-refractivity contribution in [1.29, 1.82) is 0 Å². The average Bonchev–Trinajstić information content (AvgIpc) is 2.12. The van der Waals surface area contributed by atoms with Crippen LogP contribution in [0.1, 0.15) is 27.7 Å². The molecule has 0 aromatic carbocycles. The molecule has 1 atom stereocenters. The second-order valence-corrected chi connectivity index (χ2v) is 3.89. The van der Waals surface area contributed by atoms with E-state index in [1.165, 1.54) is 0 Å². The van der Waals surface area contributed by atoms with Crippen LogP contribution in [0, 0.1) is 5.92 Å². The minimum atomic E-state index is 0.101. The van der Waals surface area contributed by atoms with Crippen molar-refractivity contribution in [1.82, 2.24) is 9.80 Å². The number of hydrogen-bond donors (Lipinski definition) is 0. The van der Waals surface area contributed by atoms with Crippen molar-refractivity contribution < 1.29 is 4.79 Å². The van der Waals surface area contributed by atoms with Crippen LogP contribution in [0.15, 0.2) is 0 Å². The Morgan fingerprint density at radius 3 is 2.00 bits per heavy atom. The van der Waals surface area contributed by atoms with Crippen LogP contribution < -0.4 is 0 Å². The number of carbonyl (C=O) groups is 1. The predicted molar refractivity (Wildman–Crippen MR) is 55.8 cm³/mol. The van der Waals surface area contributed by atoms with E-state index >= 15 is 0 Å². The summed E-state index contributed by atoms with van der Waals surface area (Å²) in [5.74, 6) is 0.499. The number of amides is 2. The van der Waals surface area contributed by atoms with Gasteiger partial charge in [-0.15, -0.1) is 0 Å². The molecule has 2 amide bonds. The molecule has 0 spiro atoms. The number of nitrogens with zero attached hydrogens (tertiary/aromatic N) is 2. The summed E-state index contributed by atoms with van der Waals surface area (Å²) in [6.45, 7) is 9.06. The fraction of sp³-hybridized carbons (Fsp3) is 0.900. The third-order valence-corrected chi connectivity index (χ3v) is 2.68. The molecular formula is C10H22N2O. The van der Waals surface area contributed by atoms with Crippen LogP contribution in [0.4, 0.5) is 4.79 Å². The zero-order valence-electron chi connectivity index (χ0n) is 9.66. The van der Waals surface area contributed by atoms with Crippen LogP contribution in [0.25, 0.3) is 0 Å². The van der Waals surface area contributed by atoms with E-state index in [-0.39, 0.29) is 6.03 Å². The Balaban J connectivity index is 4.25. The Labute approximate surface area is 81.7 Å². The van der Waals surface area contributed by atoms with Crippen LogP contribution in [0.5, 0.6) is 0 Å². The van der Waals surface area contributed by atoms with Crippen LogP contribution in [-0.2, 0) is 0 Å². The molecule has 13 heavy (non-hydrogen) atoms. The molecule has 0 rings (SSSR count). The first kappa shape index (κ1) is 12.3. The second-order valence-electron chi connectivity index (χ2n) is 3.89. The first-order chi connectivity index (χ1) is 5.91. The quantitative estimate of drug-likeness (QED) is 0.661. The Hall–Kier alpha value is -0.730. The second kappa shape index (κ2) is 5.10. The number of urea groups is 1. The van der Waals surface area contributed by atoms with Crippen molar-refractivity contribution in [2.75, 3.05) is 20.6 Å². The van der Waals surface area contributed by atoms with Gasteiger partial charge in [0.2, 0.25) is 0 Å². The van der Waals surface area contributed by atoms with Gasteiger partial charge in [0.1, 0.15) is 0 Å². The smallest absolute Gasteiger partial charge is 0.319 e. The number of carbonyl (C=O) groups excluding carboxylic acids is 1. The normalized spacial score (nSPS) is 12.8. The summed E-state index contributed by atoms with van der Waals surface area (Å²) < 4.78 is 0. The van der Waals surface area contributed by atoms with Gasteiger partial charge in [0.25, 0.3) is 0 Å². The largest absolute Gasteiger partial charge is 0.328 e. The molecule has 0 radical (unpaired) electrons. The Bertz CT molecular complexity index is 168. The number of hydrogen-bond acceptors (Lipinski definition) is 1. The third-order valence-electron chi connectivity index (χ3n) is 2.68. The molecule has 0 aliphatic heterocycles. The Kier molecular flexibility index (Phi) is 4.81. The minimum Gasteiger partial charge on any atom is -0.328 e. The van der Waals surface area contributed by atoms with Crippen LogP contribution in [-0.4, -0.2) is 42.5 Å². The van der Waals surface area contributed by atoms with E-state index in [0.717, 1.165) is 6.54 Å². The maximum atomic E-state index is 11.7. The predicted octanol–water partition coefficient (Wildman–Crippen LogP) is 2.03. The molecule has 0 aromatic heterocycles. The lowest BCUT2D eigenvalue weighted by Gasteiger charge is -2.31. The highest BCUT2D eigenvalue weighted by Crippen LogP contribution is 2.09. The van der Waals surface area contributed by atoms with Gasteiger partial charge in [-0.2, -0.15) is 0 Å². The van der Waals surface area contributed by atoms with Crippen LogP contribution >= 0.6 is 0 Å². The fourth-order valence-electron chi connectivity index (χ4n) is 1.03. The highest BCUT2D eigenvalue weighted by molar-refractivity contribution is 5.74. The standard InChI is InChI=1S/C10H22N2O/c1-7-11(5)10(13)12(6)9(4)8(2)3/h8-9H,7H2,1-6H3. The summed E-state index contributed by atoms with van der Waals surface area (Å²) in [4.78, 5) is 15.2. The monoisotopic (exact) mass is 186 g/mol. The summed E-state index contributed by atoms with van der Waals surface area (Å²) in [5, 5.41) is 0. The molecule has 1 unspecified atom stereocenters. The van der Waals surface area contributed by atoms with Gasteiger partial charge in [0, 0.05) is 26.7 Å². The Morgan fingerprint density at radius 2 is 1.69 bits per heavy atom. The topological polar surface area (TPSA) is 23.6 Å². The maximum absolute atomic E-state index is 11.7. The van der Waals surface area contributed by atoms with Crippen molar-refractivity contribution in [2.24, 2.45) is 5.92 Å². The summed E-state index contributed by atoms with van der Waals surface area (Å²) in [6, 6.07) is 0.394. The van der Waals surface area contributed by atoms with Crippen molar-refractivity contribution in [3.63, 3.8) is 0 Å². The SMILES string of the molecule is CCN(C)C(=O)N(C)C(C)C(C)C. The molecule has 0 saturated heterocycles. The van der Waals surface area contributed by atoms with Gasteiger partial charge in [-0.25, -0.2) is 4.79 Å². The minimum absolute atomic E-state index is 0.101. The summed E-state index contributed by atoms with van der Waals surface area (Å²) in [7, 11) is 3.69. The van der Waals surface area contributed by atoms with E-state index in [2.05, 4.69) is 20.8 Å². The zero-order chi connectivity index (χ0) is 10.6. The molecule has 0 aliphatic rings. The van der Waals surface area contributed by atoms with Crippen molar-refractivity contribution in [3.05, 3.63) is 0 Å². The van der Waals surface area contributed by atoms with E-state index in [0.29, 0.717) is 12.0 Å². The van der Waals surface area contributed by atoms with E-state index in [4.69, 9.17) is 0 Å². The highest BCUT2D eigenvalue weighted by atomic mass is 16.2. The van der Waals surface area contributed by atoms with Gasteiger partial charge in [-0.05, 0) is 19.8 Å². The van der Waals surface area contributed by atoms with E-state index < -0.39 is 0 Å². The summed E-state index contributed by atoms with van der Waals surface area (Å²) in [5.41, 5.74) is 0. The van der Waals surface area contributed by atoms with Gasteiger partial charge in [0.05, 0.1) is 0 Å². The molecule has 0 fully saturated rings. The molecule has 0 aromatic rings. The first-order valence-electron chi connectivity index (χ1n) is 4.89. The van der Waals surface area contributed by atoms with Gasteiger partial charge in [0.15, 0.2) is 0 Å².